The topological polar surface area (TPSA) is 109 Å². The summed E-state index contributed by atoms with van der Waals surface area (Å²) in [6, 6.07) is 0.431. The quantitative estimate of drug-likeness (QED) is 0.237. The van der Waals surface area contributed by atoms with Crippen LogP contribution in [0.5, 0.6) is 0 Å². The first-order valence-electron chi connectivity index (χ1n) is 11.6. The summed E-state index contributed by atoms with van der Waals surface area (Å²) in [5, 5.41) is 12.3. The second-order valence-corrected chi connectivity index (χ2v) is 10.5. The molecule has 8 nitrogen and oxygen atoms in total. The highest BCUT2D eigenvalue weighted by Crippen LogP contribution is 2.33. The van der Waals surface area contributed by atoms with Gasteiger partial charge < -0.3 is 26.0 Å². The number of hydrogen-bond acceptors (Lipinski definition) is 5. The standard InChI is InChI=1S/C22H40N4O4S/c1-5-23-18(27)11-10-15(2)30-13-12-22(3,4)26-19(28)9-7-6-8-17-20-16(14-31-17)24-21(29)25-20/h15-17,20H,5-14H2,1-4H3,(H,23,27)(H,26,28)(H2,24,25,29). The molecule has 0 bridgehead atoms. The molecule has 4 amide bonds. The first-order chi connectivity index (χ1) is 14.7. The lowest BCUT2D eigenvalue weighted by molar-refractivity contribution is -0.123. The number of amides is 4. The van der Waals surface area contributed by atoms with Crippen LogP contribution in [0.2, 0.25) is 0 Å². The maximum Gasteiger partial charge on any atom is 0.315 e. The van der Waals surface area contributed by atoms with Gasteiger partial charge in [0.2, 0.25) is 11.8 Å². The van der Waals surface area contributed by atoms with Gasteiger partial charge in [-0.3, -0.25) is 9.59 Å². The van der Waals surface area contributed by atoms with E-state index in [0.29, 0.717) is 37.7 Å². The van der Waals surface area contributed by atoms with Crippen molar-refractivity contribution in [2.24, 2.45) is 0 Å². The number of unbranched alkanes of at least 4 members (excludes halogenated alkanes) is 1. The van der Waals surface area contributed by atoms with Crippen LogP contribution in [0.3, 0.4) is 0 Å². The molecule has 2 saturated heterocycles. The molecule has 2 aliphatic heterocycles. The third-order valence-corrected chi connectivity index (χ3v) is 7.35. The Bertz CT molecular complexity index is 616. The van der Waals surface area contributed by atoms with E-state index in [9.17, 15) is 14.4 Å². The van der Waals surface area contributed by atoms with Crippen molar-refractivity contribution >= 4 is 29.6 Å². The first-order valence-corrected chi connectivity index (χ1v) is 12.6. The highest BCUT2D eigenvalue weighted by molar-refractivity contribution is 8.00. The number of carbonyl (C=O) groups is 3. The Morgan fingerprint density at radius 1 is 1.23 bits per heavy atom. The normalized spacial score (nSPS) is 23.6. The van der Waals surface area contributed by atoms with Gasteiger partial charge in [0.05, 0.1) is 18.2 Å². The van der Waals surface area contributed by atoms with Gasteiger partial charge in [-0.05, 0) is 53.4 Å². The molecule has 0 aliphatic carbocycles. The Kier molecular flexibility index (Phi) is 10.4. The molecule has 4 atom stereocenters. The van der Waals surface area contributed by atoms with E-state index in [1.807, 2.05) is 39.5 Å². The smallest absolute Gasteiger partial charge is 0.315 e. The summed E-state index contributed by atoms with van der Waals surface area (Å²) < 4.78 is 5.82. The Morgan fingerprint density at radius 3 is 2.74 bits per heavy atom. The SMILES string of the molecule is CCNC(=O)CCC(C)OCCC(C)(C)NC(=O)CCCCC1SCC2NC(=O)NC21. The van der Waals surface area contributed by atoms with E-state index in [-0.39, 0.29) is 41.6 Å². The molecule has 0 saturated carbocycles. The van der Waals surface area contributed by atoms with Crippen molar-refractivity contribution in [3.63, 3.8) is 0 Å². The van der Waals surface area contributed by atoms with Gasteiger partial charge >= 0.3 is 6.03 Å². The van der Waals surface area contributed by atoms with E-state index >= 15 is 0 Å². The van der Waals surface area contributed by atoms with Crippen molar-refractivity contribution in [1.82, 2.24) is 21.3 Å². The van der Waals surface area contributed by atoms with Crippen LogP contribution in [0.25, 0.3) is 0 Å². The third kappa shape index (κ3) is 9.27. The number of nitrogens with one attached hydrogen (secondary N) is 4. The minimum atomic E-state index is -0.329. The molecule has 4 unspecified atom stereocenters. The molecule has 2 aliphatic rings. The molecule has 0 aromatic carbocycles. The largest absolute Gasteiger partial charge is 0.378 e. The van der Waals surface area contributed by atoms with Crippen molar-refractivity contribution < 1.29 is 19.1 Å². The average molecular weight is 457 g/mol. The van der Waals surface area contributed by atoms with Gasteiger partial charge in [-0.25, -0.2) is 4.79 Å². The Morgan fingerprint density at radius 2 is 2.00 bits per heavy atom. The summed E-state index contributed by atoms with van der Waals surface area (Å²) in [5.74, 6) is 1.10. The van der Waals surface area contributed by atoms with Gasteiger partial charge in [0.25, 0.3) is 0 Å². The molecule has 0 aromatic heterocycles. The number of carbonyl (C=O) groups excluding carboxylic acids is 3. The van der Waals surface area contributed by atoms with Gasteiger partial charge in [0.1, 0.15) is 0 Å². The lowest BCUT2D eigenvalue weighted by Crippen LogP contribution is -2.44. The van der Waals surface area contributed by atoms with Crippen molar-refractivity contribution in [3.05, 3.63) is 0 Å². The lowest BCUT2D eigenvalue weighted by Gasteiger charge is -2.27. The predicted molar refractivity (Wildman–Crippen MR) is 124 cm³/mol. The van der Waals surface area contributed by atoms with Crippen LogP contribution in [0, 0.1) is 0 Å². The molecule has 178 valence electrons. The van der Waals surface area contributed by atoms with Gasteiger partial charge in [-0.2, -0.15) is 11.8 Å². The molecule has 2 fully saturated rings. The van der Waals surface area contributed by atoms with E-state index in [1.54, 1.807) is 0 Å². The zero-order valence-corrected chi connectivity index (χ0v) is 20.2. The molecular formula is C22H40N4O4S. The summed E-state index contributed by atoms with van der Waals surface area (Å²) >= 11 is 1.91. The van der Waals surface area contributed by atoms with Crippen LogP contribution in [0.1, 0.15) is 72.6 Å². The van der Waals surface area contributed by atoms with Gasteiger partial charge in [0.15, 0.2) is 0 Å². The minimum Gasteiger partial charge on any atom is -0.378 e. The molecule has 4 N–H and O–H groups in total. The lowest BCUT2D eigenvalue weighted by atomic mass is 10.00. The van der Waals surface area contributed by atoms with Crippen molar-refractivity contribution in [2.45, 2.75) is 102 Å². The van der Waals surface area contributed by atoms with Crippen molar-refractivity contribution in [2.75, 3.05) is 18.9 Å². The Balaban J connectivity index is 1.54. The first kappa shape index (κ1) is 25.8. The van der Waals surface area contributed by atoms with Gasteiger partial charge in [0, 0.05) is 42.5 Å². The number of hydrogen-bond donors (Lipinski definition) is 4. The summed E-state index contributed by atoms with van der Waals surface area (Å²) in [6.07, 6.45) is 5.27. The molecule has 2 rings (SSSR count). The number of fused-ring (bicyclic) bond motifs is 1. The average Bonchev–Trinajstić information content (AvgIpc) is 3.22. The molecule has 0 spiro atoms. The van der Waals surface area contributed by atoms with Crippen LogP contribution in [-0.4, -0.2) is 65.7 Å². The highest BCUT2D eigenvalue weighted by atomic mass is 32.2. The van der Waals surface area contributed by atoms with E-state index in [2.05, 4.69) is 21.3 Å². The molecule has 9 heteroatoms. The fourth-order valence-corrected chi connectivity index (χ4v) is 5.54. The minimum absolute atomic E-state index is 0.0158. The zero-order valence-electron chi connectivity index (χ0n) is 19.4. The molecule has 0 aromatic rings. The molecular weight excluding hydrogens is 416 g/mol. The molecule has 2 heterocycles. The summed E-state index contributed by atoms with van der Waals surface area (Å²) in [4.78, 5) is 35.3. The summed E-state index contributed by atoms with van der Waals surface area (Å²) in [7, 11) is 0. The van der Waals surface area contributed by atoms with Crippen molar-refractivity contribution in [3.8, 4) is 0 Å². The summed E-state index contributed by atoms with van der Waals surface area (Å²) in [5.41, 5.74) is -0.329. The monoisotopic (exact) mass is 456 g/mol. The number of thioether (sulfide) groups is 1. The number of urea groups is 1. The maximum absolute atomic E-state index is 12.3. The zero-order chi connectivity index (χ0) is 22.9. The van der Waals surface area contributed by atoms with E-state index < -0.39 is 0 Å². The van der Waals surface area contributed by atoms with Crippen LogP contribution in [-0.2, 0) is 14.3 Å². The van der Waals surface area contributed by atoms with E-state index in [0.717, 1.165) is 31.4 Å². The van der Waals surface area contributed by atoms with Crippen LogP contribution in [0.15, 0.2) is 0 Å². The third-order valence-electron chi connectivity index (χ3n) is 5.84. The molecule has 31 heavy (non-hydrogen) atoms. The van der Waals surface area contributed by atoms with E-state index in [1.165, 1.54) is 0 Å². The van der Waals surface area contributed by atoms with Gasteiger partial charge in [-0.1, -0.05) is 6.42 Å². The van der Waals surface area contributed by atoms with Gasteiger partial charge in [-0.15, -0.1) is 0 Å². The molecule has 0 radical (unpaired) electrons. The maximum atomic E-state index is 12.3. The fourth-order valence-electron chi connectivity index (χ4n) is 4.00. The fraction of sp³-hybridized carbons (Fsp3) is 0.864. The van der Waals surface area contributed by atoms with Crippen molar-refractivity contribution in [1.29, 1.82) is 0 Å². The van der Waals surface area contributed by atoms with Crippen LogP contribution in [0.4, 0.5) is 4.79 Å². The summed E-state index contributed by atoms with van der Waals surface area (Å²) in [6.45, 7) is 9.11. The Hall–Kier alpha value is -1.48. The number of rotatable bonds is 14. The van der Waals surface area contributed by atoms with E-state index in [4.69, 9.17) is 4.74 Å². The Labute approximate surface area is 190 Å². The van der Waals surface area contributed by atoms with Crippen LogP contribution < -0.4 is 21.3 Å². The predicted octanol–water partition coefficient (Wildman–Crippen LogP) is 2.32. The van der Waals surface area contributed by atoms with Crippen LogP contribution >= 0.6 is 11.8 Å². The second kappa shape index (κ2) is 12.5. The number of ether oxygens (including phenoxy) is 1. The highest BCUT2D eigenvalue weighted by Gasteiger charge is 2.42. The second-order valence-electron chi connectivity index (χ2n) is 9.22.